The lowest BCUT2D eigenvalue weighted by Gasteiger charge is -2.35. The third kappa shape index (κ3) is 7.58. The summed E-state index contributed by atoms with van der Waals surface area (Å²) in [6.07, 6.45) is 2.54. The van der Waals surface area contributed by atoms with Gasteiger partial charge in [-0.2, -0.15) is 0 Å². The van der Waals surface area contributed by atoms with E-state index >= 15 is 0 Å². The minimum absolute atomic E-state index is 0.0197. The molecule has 0 aliphatic carbocycles. The van der Waals surface area contributed by atoms with E-state index < -0.39 is 0 Å². The second-order valence-corrected chi connectivity index (χ2v) is 7.80. The Labute approximate surface area is 170 Å². The Morgan fingerprint density at radius 3 is 2.75 bits per heavy atom. The normalized spacial score (nSPS) is 19.4. The van der Waals surface area contributed by atoms with Crippen LogP contribution in [0.2, 0.25) is 0 Å². The van der Waals surface area contributed by atoms with Crippen LogP contribution >= 0.6 is 0 Å². The second-order valence-electron chi connectivity index (χ2n) is 7.80. The molecule has 1 aliphatic rings. The molecule has 2 rings (SSSR count). The maximum absolute atomic E-state index is 5.97. The molecule has 1 saturated heterocycles. The van der Waals surface area contributed by atoms with Crippen LogP contribution < -0.4 is 20.1 Å². The minimum atomic E-state index is -0.0197. The van der Waals surface area contributed by atoms with Crippen molar-refractivity contribution in [2.45, 2.75) is 52.7 Å². The molecule has 28 heavy (non-hydrogen) atoms. The summed E-state index contributed by atoms with van der Waals surface area (Å²) >= 11 is 0. The molecule has 1 aromatic carbocycles. The minimum Gasteiger partial charge on any atom is -0.497 e. The topological polar surface area (TPSA) is 58.1 Å². The standard InChI is InChI=1S/C22H38N4O2/c1-6-23-22(25-15-19-9-8-12-26(16-19)17(2)3)24-14-18(4)28-21-11-7-10-20(13-21)27-5/h7,10-11,13,17-19H,6,8-9,12,14-16H2,1-5H3,(H2,23,24,25). The summed E-state index contributed by atoms with van der Waals surface area (Å²) in [5.74, 6) is 3.14. The molecule has 0 saturated carbocycles. The average Bonchev–Trinajstić information content (AvgIpc) is 2.70. The summed E-state index contributed by atoms with van der Waals surface area (Å²) in [4.78, 5) is 7.29. The number of methoxy groups -OCH3 is 1. The molecule has 1 heterocycles. The summed E-state index contributed by atoms with van der Waals surface area (Å²) in [6, 6.07) is 8.30. The van der Waals surface area contributed by atoms with Gasteiger partial charge in [-0.05, 0) is 65.1 Å². The summed E-state index contributed by atoms with van der Waals surface area (Å²) < 4.78 is 11.2. The van der Waals surface area contributed by atoms with E-state index in [0.717, 1.165) is 30.5 Å². The van der Waals surface area contributed by atoms with Crippen molar-refractivity contribution in [2.24, 2.45) is 10.9 Å². The molecule has 1 aliphatic heterocycles. The summed E-state index contributed by atoms with van der Waals surface area (Å²) in [7, 11) is 1.66. The van der Waals surface area contributed by atoms with E-state index in [1.54, 1.807) is 7.11 Å². The van der Waals surface area contributed by atoms with Crippen LogP contribution in [-0.4, -0.2) is 62.8 Å². The molecular weight excluding hydrogens is 352 g/mol. The van der Waals surface area contributed by atoms with Crippen molar-refractivity contribution >= 4 is 5.96 Å². The summed E-state index contributed by atoms with van der Waals surface area (Å²) in [6.45, 7) is 13.5. The molecule has 0 bridgehead atoms. The number of hydrogen-bond donors (Lipinski definition) is 2. The van der Waals surface area contributed by atoms with Crippen LogP contribution in [0.1, 0.15) is 40.5 Å². The quantitative estimate of drug-likeness (QED) is 0.501. The lowest BCUT2D eigenvalue weighted by atomic mass is 9.97. The number of piperidine rings is 1. The molecule has 0 amide bonds. The number of guanidine groups is 1. The first-order valence-corrected chi connectivity index (χ1v) is 10.6. The number of nitrogens with zero attached hydrogens (tertiary/aromatic N) is 2. The summed E-state index contributed by atoms with van der Waals surface area (Å²) in [5, 5.41) is 6.87. The predicted molar refractivity (Wildman–Crippen MR) is 116 cm³/mol. The lowest BCUT2D eigenvalue weighted by molar-refractivity contribution is 0.141. The number of benzene rings is 1. The van der Waals surface area contributed by atoms with Gasteiger partial charge in [-0.15, -0.1) is 0 Å². The third-order valence-electron chi connectivity index (χ3n) is 5.07. The Kier molecular flexibility index (Phi) is 9.41. The molecule has 1 aromatic rings. The number of aliphatic imine (C=N–C) groups is 1. The average molecular weight is 391 g/mol. The number of nitrogens with one attached hydrogen (secondary N) is 2. The van der Waals surface area contributed by atoms with E-state index in [-0.39, 0.29) is 6.10 Å². The zero-order chi connectivity index (χ0) is 20.4. The molecule has 158 valence electrons. The van der Waals surface area contributed by atoms with Gasteiger partial charge in [-0.3, -0.25) is 0 Å². The Balaban J connectivity index is 1.83. The van der Waals surface area contributed by atoms with E-state index in [1.165, 1.54) is 25.9 Å². The van der Waals surface area contributed by atoms with Gasteiger partial charge in [-0.1, -0.05) is 6.07 Å². The molecule has 6 nitrogen and oxygen atoms in total. The highest BCUT2D eigenvalue weighted by atomic mass is 16.5. The van der Waals surface area contributed by atoms with Gasteiger partial charge in [0.2, 0.25) is 0 Å². The van der Waals surface area contributed by atoms with Gasteiger partial charge < -0.3 is 25.0 Å². The van der Waals surface area contributed by atoms with E-state index in [9.17, 15) is 0 Å². The maximum Gasteiger partial charge on any atom is 0.191 e. The fraction of sp³-hybridized carbons (Fsp3) is 0.682. The number of likely N-dealkylation sites (tertiary alicyclic amines) is 1. The SMILES string of the molecule is CCNC(=NCC(C)Oc1cccc(OC)c1)NCC1CCCN(C(C)C)C1. The van der Waals surface area contributed by atoms with Gasteiger partial charge in [0.15, 0.2) is 5.96 Å². The second kappa shape index (κ2) is 11.8. The van der Waals surface area contributed by atoms with Crippen molar-refractivity contribution in [3.8, 4) is 11.5 Å². The van der Waals surface area contributed by atoms with Crippen molar-refractivity contribution in [3.05, 3.63) is 24.3 Å². The van der Waals surface area contributed by atoms with E-state index in [0.29, 0.717) is 18.5 Å². The molecule has 2 N–H and O–H groups in total. The van der Waals surface area contributed by atoms with Crippen molar-refractivity contribution in [1.29, 1.82) is 0 Å². The molecule has 0 radical (unpaired) electrons. The van der Waals surface area contributed by atoms with E-state index in [4.69, 9.17) is 14.5 Å². The molecular formula is C22H38N4O2. The zero-order valence-corrected chi connectivity index (χ0v) is 18.2. The third-order valence-corrected chi connectivity index (χ3v) is 5.07. The fourth-order valence-corrected chi connectivity index (χ4v) is 3.48. The molecule has 0 aromatic heterocycles. The highest BCUT2D eigenvalue weighted by molar-refractivity contribution is 5.79. The number of hydrogen-bond acceptors (Lipinski definition) is 4. The first kappa shape index (κ1) is 22.3. The van der Waals surface area contributed by atoms with Crippen molar-refractivity contribution in [3.63, 3.8) is 0 Å². The highest BCUT2D eigenvalue weighted by Gasteiger charge is 2.21. The van der Waals surface area contributed by atoms with Gasteiger partial charge >= 0.3 is 0 Å². The van der Waals surface area contributed by atoms with Crippen LogP contribution in [0.5, 0.6) is 11.5 Å². The fourth-order valence-electron chi connectivity index (χ4n) is 3.48. The van der Waals surface area contributed by atoms with E-state index in [1.807, 2.05) is 31.2 Å². The molecule has 2 atom stereocenters. The Bertz CT molecular complexity index is 606. The largest absolute Gasteiger partial charge is 0.497 e. The van der Waals surface area contributed by atoms with Gasteiger partial charge in [0.25, 0.3) is 0 Å². The molecule has 2 unspecified atom stereocenters. The molecule has 0 spiro atoms. The van der Waals surface area contributed by atoms with Crippen molar-refractivity contribution in [1.82, 2.24) is 15.5 Å². The van der Waals surface area contributed by atoms with Gasteiger partial charge in [0, 0.05) is 31.7 Å². The maximum atomic E-state index is 5.97. The first-order valence-electron chi connectivity index (χ1n) is 10.6. The Morgan fingerprint density at radius 2 is 2.04 bits per heavy atom. The van der Waals surface area contributed by atoms with Crippen LogP contribution in [0, 0.1) is 5.92 Å². The van der Waals surface area contributed by atoms with Crippen LogP contribution in [0.25, 0.3) is 0 Å². The van der Waals surface area contributed by atoms with Crippen LogP contribution in [-0.2, 0) is 0 Å². The smallest absolute Gasteiger partial charge is 0.191 e. The van der Waals surface area contributed by atoms with E-state index in [2.05, 4.69) is 36.3 Å². The van der Waals surface area contributed by atoms with Gasteiger partial charge in [-0.25, -0.2) is 4.99 Å². The van der Waals surface area contributed by atoms with Gasteiger partial charge in [0.05, 0.1) is 13.7 Å². The monoisotopic (exact) mass is 390 g/mol. The Hall–Kier alpha value is -1.95. The van der Waals surface area contributed by atoms with Crippen LogP contribution in [0.3, 0.4) is 0 Å². The summed E-state index contributed by atoms with van der Waals surface area (Å²) in [5.41, 5.74) is 0. The van der Waals surface area contributed by atoms with Gasteiger partial charge in [0.1, 0.15) is 17.6 Å². The van der Waals surface area contributed by atoms with Crippen molar-refractivity contribution in [2.75, 3.05) is 39.8 Å². The lowest BCUT2D eigenvalue weighted by Crippen LogP contribution is -2.46. The zero-order valence-electron chi connectivity index (χ0n) is 18.2. The first-order chi connectivity index (χ1) is 13.5. The Morgan fingerprint density at radius 1 is 1.25 bits per heavy atom. The number of ether oxygens (including phenoxy) is 2. The van der Waals surface area contributed by atoms with Crippen LogP contribution in [0.4, 0.5) is 0 Å². The van der Waals surface area contributed by atoms with Crippen LogP contribution in [0.15, 0.2) is 29.3 Å². The molecule has 6 heteroatoms. The predicted octanol–water partition coefficient (Wildman–Crippen LogP) is 3.14. The molecule has 1 fully saturated rings. The number of rotatable bonds is 9. The van der Waals surface area contributed by atoms with Crippen molar-refractivity contribution < 1.29 is 9.47 Å². The highest BCUT2D eigenvalue weighted by Crippen LogP contribution is 2.20.